The average molecular weight is 418 g/mol. The maximum Gasteiger partial charge on any atom is 0.225 e. The van der Waals surface area contributed by atoms with Crippen LogP contribution in [-0.4, -0.2) is 50.9 Å². The monoisotopic (exact) mass is 418 g/mol. The molecule has 1 aliphatic rings. The van der Waals surface area contributed by atoms with Gasteiger partial charge in [-0.2, -0.15) is 9.50 Å². The van der Waals surface area contributed by atoms with Crippen LogP contribution in [0.4, 0.5) is 11.8 Å². The van der Waals surface area contributed by atoms with Gasteiger partial charge < -0.3 is 25.6 Å². The van der Waals surface area contributed by atoms with Crippen molar-refractivity contribution < 1.29 is 9.15 Å². The van der Waals surface area contributed by atoms with E-state index in [4.69, 9.17) is 20.3 Å². The summed E-state index contributed by atoms with van der Waals surface area (Å²) in [7, 11) is 1.70. The number of benzene rings is 1. The predicted molar refractivity (Wildman–Crippen MR) is 116 cm³/mol. The van der Waals surface area contributed by atoms with Crippen LogP contribution in [-0.2, 0) is 13.1 Å². The highest BCUT2D eigenvalue weighted by atomic mass is 16.5. The van der Waals surface area contributed by atoms with Gasteiger partial charge in [0, 0.05) is 38.0 Å². The quantitative estimate of drug-likeness (QED) is 0.390. The Morgan fingerprint density at radius 1 is 1.26 bits per heavy atom. The maximum absolute atomic E-state index is 7.88. The first-order valence-electron chi connectivity index (χ1n) is 9.89. The van der Waals surface area contributed by atoms with Crippen molar-refractivity contribution in [1.29, 1.82) is 5.41 Å². The highest BCUT2D eigenvalue weighted by Gasteiger charge is 2.22. The normalized spacial score (nSPS) is 13.5. The van der Waals surface area contributed by atoms with Crippen molar-refractivity contribution in [3.05, 3.63) is 53.3 Å². The summed E-state index contributed by atoms with van der Waals surface area (Å²) < 4.78 is 12.3. The zero-order valence-corrected chi connectivity index (χ0v) is 17.0. The molecule has 3 aromatic heterocycles. The van der Waals surface area contributed by atoms with Gasteiger partial charge in [0.25, 0.3) is 0 Å². The Labute approximate surface area is 178 Å². The van der Waals surface area contributed by atoms with Crippen molar-refractivity contribution in [3.8, 4) is 17.3 Å². The summed E-state index contributed by atoms with van der Waals surface area (Å²) in [6.07, 6.45) is 2.76. The summed E-state index contributed by atoms with van der Waals surface area (Å²) in [5.74, 6) is 2.54. The fourth-order valence-electron chi connectivity index (χ4n) is 3.89. The Morgan fingerprint density at radius 2 is 2.16 bits per heavy atom. The third-order valence-electron chi connectivity index (χ3n) is 5.38. The first-order chi connectivity index (χ1) is 15.2. The molecular formula is C21H22N8O2. The van der Waals surface area contributed by atoms with Crippen LogP contribution in [0.2, 0.25) is 0 Å². The van der Waals surface area contributed by atoms with Gasteiger partial charge in [0.15, 0.2) is 11.4 Å². The molecule has 1 aliphatic heterocycles. The number of ether oxygens (including phenoxy) is 1. The van der Waals surface area contributed by atoms with Gasteiger partial charge in [-0.1, -0.05) is 12.1 Å². The number of nitrogen functional groups attached to an aromatic ring is 1. The van der Waals surface area contributed by atoms with Crippen LogP contribution >= 0.6 is 0 Å². The number of hydrogen-bond donors (Lipinski definition) is 3. The summed E-state index contributed by atoms with van der Waals surface area (Å²) >= 11 is 0. The van der Waals surface area contributed by atoms with Gasteiger partial charge in [0.05, 0.1) is 18.9 Å². The molecule has 1 aromatic carbocycles. The number of rotatable bonds is 7. The van der Waals surface area contributed by atoms with Crippen molar-refractivity contribution >= 4 is 23.6 Å². The zero-order chi connectivity index (χ0) is 21.4. The van der Waals surface area contributed by atoms with Crippen LogP contribution in [0, 0.1) is 5.41 Å². The van der Waals surface area contributed by atoms with E-state index in [1.54, 1.807) is 25.5 Å². The summed E-state index contributed by atoms with van der Waals surface area (Å²) in [4.78, 5) is 11.2. The first-order valence-corrected chi connectivity index (χ1v) is 9.89. The molecule has 0 radical (unpaired) electrons. The van der Waals surface area contributed by atoms with Gasteiger partial charge in [-0.05, 0) is 23.8 Å². The molecule has 5 rings (SSSR count). The van der Waals surface area contributed by atoms with E-state index in [1.165, 1.54) is 21.9 Å². The highest BCUT2D eigenvalue weighted by molar-refractivity contribution is 5.93. The highest BCUT2D eigenvalue weighted by Crippen LogP contribution is 2.30. The topological polar surface area (TPSA) is 131 Å². The number of anilines is 2. The summed E-state index contributed by atoms with van der Waals surface area (Å²) in [6, 6.07) is 9.68. The number of hydrogen-bond acceptors (Lipinski definition) is 9. The number of nitrogens with one attached hydrogen (secondary N) is 2. The molecular weight excluding hydrogens is 396 g/mol. The standard InChI is InChI=1S/C21H22N8O2/c1-30-16-5-2-4-13-11-28(12-15(13)16)8-7-24-18-14(10-22)20-25-19(17-6-3-9-31-17)27-29(20)21(23)26-18/h2-6,9-10,22,24H,7-8,11-12H2,1H3,(H2,23,26). The Kier molecular flexibility index (Phi) is 4.75. The molecule has 0 spiro atoms. The van der Waals surface area contributed by atoms with E-state index >= 15 is 0 Å². The van der Waals surface area contributed by atoms with E-state index in [9.17, 15) is 0 Å². The lowest BCUT2D eigenvalue weighted by molar-refractivity contribution is 0.292. The summed E-state index contributed by atoms with van der Waals surface area (Å²) in [5.41, 5.74) is 9.61. The van der Waals surface area contributed by atoms with Gasteiger partial charge in [-0.3, -0.25) is 4.90 Å². The van der Waals surface area contributed by atoms with Crippen LogP contribution < -0.4 is 15.8 Å². The summed E-state index contributed by atoms with van der Waals surface area (Å²) in [5, 5.41) is 15.5. The van der Waals surface area contributed by atoms with Gasteiger partial charge in [0.1, 0.15) is 11.6 Å². The zero-order valence-electron chi connectivity index (χ0n) is 17.0. The molecule has 10 heteroatoms. The number of aromatic nitrogens is 4. The number of fused-ring (bicyclic) bond motifs is 2. The second-order valence-electron chi connectivity index (χ2n) is 7.26. The summed E-state index contributed by atoms with van der Waals surface area (Å²) in [6.45, 7) is 3.14. The van der Waals surface area contributed by atoms with Crippen LogP contribution in [0.1, 0.15) is 16.7 Å². The second-order valence-corrected chi connectivity index (χ2v) is 7.26. The van der Waals surface area contributed by atoms with Crippen molar-refractivity contribution in [2.75, 3.05) is 31.2 Å². The Morgan fingerprint density at radius 3 is 2.94 bits per heavy atom. The van der Waals surface area contributed by atoms with E-state index < -0.39 is 0 Å². The molecule has 0 bridgehead atoms. The van der Waals surface area contributed by atoms with Crippen molar-refractivity contribution in [1.82, 2.24) is 24.5 Å². The minimum atomic E-state index is 0.187. The molecule has 0 aliphatic carbocycles. The van der Waals surface area contributed by atoms with Gasteiger partial charge in [0.2, 0.25) is 11.8 Å². The molecule has 0 fully saturated rings. The van der Waals surface area contributed by atoms with E-state index in [0.717, 1.165) is 25.4 Å². The molecule has 4 aromatic rings. The largest absolute Gasteiger partial charge is 0.496 e. The number of nitrogens with two attached hydrogens (primary N) is 1. The lowest BCUT2D eigenvalue weighted by atomic mass is 10.1. The molecule has 4 N–H and O–H groups in total. The molecule has 10 nitrogen and oxygen atoms in total. The third-order valence-corrected chi connectivity index (χ3v) is 5.38. The van der Waals surface area contributed by atoms with Crippen LogP contribution in [0.3, 0.4) is 0 Å². The molecule has 0 saturated carbocycles. The van der Waals surface area contributed by atoms with Crippen molar-refractivity contribution in [2.45, 2.75) is 13.1 Å². The number of furan rings is 1. The van der Waals surface area contributed by atoms with Crippen molar-refractivity contribution in [3.63, 3.8) is 0 Å². The molecule has 31 heavy (non-hydrogen) atoms. The molecule has 0 atom stereocenters. The minimum Gasteiger partial charge on any atom is -0.496 e. The fraction of sp³-hybridized carbons (Fsp3) is 0.238. The van der Waals surface area contributed by atoms with E-state index in [2.05, 4.69) is 31.3 Å². The SMILES string of the molecule is COc1cccc2c1CN(CCNc1nc(N)n3nc(-c4ccco4)nc3c1C=N)C2. The van der Waals surface area contributed by atoms with Crippen LogP contribution in [0.15, 0.2) is 41.0 Å². The van der Waals surface area contributed by atoms with E-state index in [-0.39, 0.29) is 5.95 Å². The maximum atomic E-state index is 7.88. The van der Waals surface area contributed by atoms with Crippen molar-refractivity contribution in [2.24, 2.45) is 0 Å². The van der Waals surface area contributed by atoms with E-state index in [1.807, 2.05) is 12.1 Å². The third kappa shape index (κ3) is 3.36. The lowest BCUT2D eigenvalue weighted by Crippen LogP contribution is -2.25. The fourth-order valence-corrected chi connectivity index (χ4v) is 3.89. The van der Waals surface area contributed by atoms with Crippen LogP contribution in [0.25, 0.3) is 17.2 Å². The second kappa shape index (κ2) is 7.73. The Balaban J connectivity index is 1.33. The average Bonchev–Trinajstić information content (AvgIpc) is 3.52. The van der Waals surface area contributed by atoms with E-state index in [0.29, 0.717) is 35.2 Å². The first kappa shape index (κ1) is 19.1. The van der Waals surface area contributed by atoms with Gasteiger partial charge >= 0.3 is 0 Å². The molecule has 0 unspecified atom stereocenters. The Bertz CT molecular complexity index is 1250. The molecule has 4 heterocycles. The Hall–Kier alpha value is -3.92. The molecule has 0 saturated heterocycles. The number of nitrogens with zero attached hydrogens (tertiary/aromatic N) is 5. The van der Waals surface area contributed by atoms with Gasteiger partial charge in [-0.25, -0.2) is 4.98 Å². The van der Waals surface area contributed by atoms with Gasteiger partial charge in [-0.15, -0.1) is 5.10 Å². The lowest BCUT2D eigenvalue weighted by Gasteiger charge is -2.16. The minimum absolute atomic E-state index is 0.187. The predicted octanol–water partition coefficient (Wildman–Crippen LogP) is 2.40. The smallest absolute Gasteiger partial charge is 0.225 e. The molecule has 158 valence electrons. The van der Waals surface area contributed by atoms with Crippen LogP contribution in [0.5, 0.6) is 5.75 Å². The number of methoxy groups -OCH3 is 1. The molecule has 0 amide bonds.